The van der Waals surface area contributed by atoms with Crippen LogP contribution in [0.15, 0.2) is 114 Å². The van der Waals surface area contributed by atoms with E-state index in [0.717, 1.165) is 11.1 Å². The molecule has 0 radical (unpaired) electrons. The Hall–Kier alpha value is -2.34. The summed E-state index contributed by atoms with van der Waals surface area (Å²) >= 11 is 1.82. The molecule has 4 nitrogen and oxygen atoms in total. The molecule has 4 aromatic rings. The Bertz CT molecular complexity index is 1330. The van der Waals surface area contributed by atoms with Crippen molar-refractivity contribution in [2.75, 3.05) is 0 Å². The van der Waals surface area contributed by atoms with Crippen molar-refractivity contribution in [2.45, 2.75) is 50.6 Å². The first-order valence-corrected chi connectivity index (χ1v) is 16.0. The molecule has 0 aliphatic heterocycles. The van der Waals surface area contributed by atoms with Crippen molar-refractivity contribution in [3.63, 3.8) is 0 Å². The molecule has 0 aliphatic rings. The molecule has 0 bridgehead atoms. The van der Waals surface area contributed by atoms with E-state index >= 15 is 0 Å². The molecule has 0 aliphatic carbocycles. The second kappa shape index (κ2) is 15.3. The van der Waals surface area contributed by atoms with Gasteiger partial charge in [-0.1, -0.05) is 122 Å². The van der Waals surface area contributed by atoms with Crippen LogP contribution >= 0.6 is 9.69 Å². The number of benzene rings is 4. The van der Waals surface area contributed by atoms with Crippen LogP contribution in [-0.4, -0.2) is 8.42 Å². The van der Waals surface area contributed by atoms with Gasteiger partial charge in [0, 0.05) is 6.42 Å². The maximum atomic E-state index is 12.9. The zero-order valence-electron chi connectivity index (χ0n) is 22.2. The monoisotopic (exact) mass is 637 g/mol. The molecule has 4 rings (SSSR count). The summed E-state index contributed by atoms with van der Waals surface area (Å²) in [6.07, 6.45) is 0.336. The fraction of sp³-hybridized carbons (Fsp3) is 0.226. The Labute approximate surface area is 242 Å². The second-order valence-corrected chi connectivity index (χ2v) is 11.2. The molecule has 1 atom stereocenters. The van der Waals surface area contributed by atoms with E-state index in [1.54, 1.807) is 24.3 Å². The third-order valence-corrected chi connectivity index (χ3v) is 7.53. The van der Waals surface area contributed by atoms with Crippen LogP contribution in [0.4, 0.5) is 0 Å². The predicted octanol–water partition coefficient (Wildman–Crippen LogP) is 7.13. The van der Waals surface area contributed by atoms with Crippen LogP contribution in [-0.2, 0) is 39.4 Å². The van der Waals surface area contributed by atoms with Gasteiger partial charge in [0.15, 0.2) is 0 Å². The van der Waals surface area contributed by atoms with E-state index in [-0.39, 0.29) is 4.90 Å². The molecular formula is C31H36ClN2O2RuS. The second-order valence-electron chi connectivity index (χ2n) is 9.48. The minimum absolute atomic E-state index is 0.196. The Morgan fingerprint density at radius 1 is 0.763 bits per heavy atom. The van der Waals surface area contributed by atoms with Crippen molar-refractivity contribution in [1.82, 2.24) is 4.72 Å². The molecule has 0 spiro atoms. The van der Waals surface area contributed by atoms with Crippen LogP contribution < -0.4 is 10.5 Å². The van der Waals surface area contributed by atoms with Gasteiger partial charge in [0.2, 0.25) is 10.0 Å². The number of hydrogen-bond acceptors (Lipinski definition) is 3. The number of sulfonamides is 1. The van der Waals surface area contributed by atoms with Gasteiger partial charge in [-0.25, -0.2) is 8.42 Å². The Morgan fingerprint density at radius 3 is 1.68 bits per heavy atom. The fourth-order valence-electron chi connectivity index (χ4n) is 3.82. The van der Waals surface area contributed by atoms with Crippen molar-refractivity contribution in [3.8, 4) is 0 Å². The van der Waals surface area contributed by atoms with Crippen LogP contribution in [0.2, 0.25) is 0 Å². The number of rotatable bonds is 7. The molecule has 4 aromatic carbocycles. The maximum absolute atomic E-state index is 12.9. The average Bonchev–Trinajstić information content (AvgIpc) is 2.91. The molecule has 0 unspecified atom stereocenters. The number of halogens is 1. The molecule has 3 N–H and O–H groups in total. The van der Waals surface area contributed by atoms with E-state index < -0.39 is 15.7 Å². The number of hydrogen-bond donors (Lipinski definition) is 2. The van der Waals surface area contributed by atoms with Crippen molar-refractivity contribution in [3.05, 3.63) is 137 Å². The summed E-state index contributed by atoms with van der Waals surface area (Å²) in [4.78, 5) is 0.196. The summed E-state index contributed by atoms with van der Waals surface area (Å²) < 4.78 is 28.6. The molecular weight excluding hydrogens is 601 g/mol. The number of nitrogens with one attached hydrogen (secondary N) is 1. The van der Waals surface area contributed by atoms with Crippen molar-refractivity contribution < 1.29 is 25.7 Å². The molecule has 0 fully saturated rings. The SMILES string of the molecule is Cc1ccc(C(C)C)cc1.Cc1ccc(S(=O)(=O)N[C@@](N)(Cc2ccccc2)c2ccccc2)cc1.[Cl][Ru]. The average molecular weight is 637 g/mol. The third kappa shape index (κ3) is 9.76. The van der Waals surface area contributed by atoms with E-state index in [0.29, 0.717) is 17.9 Å². The molecule has 7 heteroatoms. The zero-order valence-corrected chi connectivity index (χ0v) is 25.5. The van der Waals surface area contributed by atoms with E-state index in [1.165, 1.54) is 11.1 Å². The summed E-state index contributed by atoms with van der Waals surface area (Å²) in [5, 5.41) is 0. The molecule has 203 valence electrons. The number of aryl methyl sites for hydroxylation is 2. The summed E-state index contributed by atoms with van der Waals surface area (Å²) in [6.45, 7) is 8.45. The molecule has 0 saturated heterocycles. The van der Waals surface area contributed by atoms with Gasteiger partial charge in [0.05, 0.1) is 4.90 Å². The number of nitrogens with two attached hydrogens (primary N) is 1. The van der Waals surface area contributed by atoms with Gasteiger partial charge >= 0.3 is 27.0 Å². The Kier molecular flexibility index (Phi) is 12.8. The minimum atomic E-state index is -3.78. The first-order valence-electron chi connectivity index (χ1n) is 12.3. The normalized spacial score (nSPS) is 12.4. The zero-order chi connectivity index (χ0) is 28.2. The fourth-order valence-corrected chi connectivity index (χ4v) is 5.10. The van der Waals surface area contributed by atoms with Crippen LogP contribution in [0.5, 0.6) is 0 Å². The molecule has 38 heavy (non-hydrogen) atoms. The van der Waals surface area contributed by atoms with Gasteiger partial charge in [-0.2, -0.15) is 4.72 Å². The van der Waals surface area contributed by atoms with Crippen LogP contribution in [0, 0.1) is 13.8 Å². The van der Waals surface area contributed by atoms with Gasteiger partial charge in [0.1, 0.15) is 5.66 Å². The van der Waals surface area contributed by atoms with Crippen molar-refractivity contribution in [2.24, 2.45) is 5.73 Å². The van der Waals surface area contributed by atoms with Crippen LogP contribution in [0.25, 0.3) is 0 Å². The van der Waals surface area contributed by atoms with Crippen molar-refractivity contribution in [1.29, 1.82) is 0 Å². The van der Waals surface area contributed by atoms with E-state index in [4.69, 9.17) is 5.73 Å². The first kappa shape index (κ1) is 31.9. The van der Waals surface area contributed by atoms with Crippen LogP contribution in [0.1, 0.15) is 47.6 Å². The van der Waals surface area contributed by atoms with Gasteiger partial charge in [-0.05, 0) is 48.6 Å². The summed E-state index contributed by atoms with van der Waals surface area (Å²) in [5.41, 5.74) is 10.8. The van der Waals surface area contributed by atoms with Gasteiger partial charge in [-0.3, -0.25) is 0 Å². The van der Waals surface area contributed by atoms with E-state index in [9.17, 15) is 8.42 Å². The molecule has 0 saturated carbocycles. The van der Waals surface area contributed by atoms with Crippen LogP contribution in [0.3, 0.4) is 0 Å². The molecule has 0 amide bonds. The Morgan fingerprint density at radius 2 is 1.21 bits per heavy atom. The first-order chi connectivity index (χ1) is 18.1. The summed E-state index contributed by atoms with van der Waals surface area (Å²) in [6, 6.07) is 34.3. The predicted molar refractivity (Wildman–Crippen MR) is 155 cm³/mol. The third-order valence-electron chi connectivity index (χ3n) is 6.01. The summed E-state index contributed by atoms with van der Waals surface area (Å²) in [7, 11) is 0.791. The van der Waals surface area contributed by atoms with Crippen molar-refractivity contribution >= 4 is 19.7 Å². The van der Waals surface area contributed by atoms with E-state index in [2.05, 4.69) is 59.4 Å². The summed E-state index contributed by atoms with van der Waals surface area (Å²) in [5.74, 6) is 0.653. The van der Waals surface area contributed by atoms with Gasteiger partial charge < -0.3 is 5.73 Å². The van der Waals surface area contributed by atoms with E-state index in [1.807, 2.05) is 84.9 Å². The van der Waals surface area contributed by atoms with Gasteiger partial charge in [0.25, 0.3) is 0 Å². The Balaban J connectivity index is 0.000000353. The quantitative estimate of drug-likeness (QED) is 0.167. The standard InChI is InChI=1S/C21H22N2O2S.C10H14.ClH.Ru/c1-17-12-14-20(15-13-17)26(24,25)23-21(22,19-10-6-3-7-11-19)16-18-8-4-2-5-9-18;1-8(2)10-6-4-9(3)5-7-10;;/h2-15,23H,16,22H2,1H3;4-8H,1-3H3;1H;/q;;;+1/p-1/t21-;;;/m0.../s1. The molecule has 0 heterocycles. The topological polar surface area (TPSA) is 72.2 Å². The van der Waals surface area contributed by atoms with Gasteiger partial charge in [-0.15, -0.1) is 0 Å². The molecule has 0 aromatic heterocycles.